The van der Waals surface area contributed by atoms with Gasteiger partial charge in [-0.25, -0.2) is 4.79 Å². The molecule has 0 radical (unpaired) electrons. The zero-order chi connectivity index (χ0) is 9.80. The van der Waals surface area contributed by atoms with Gasteiger partial charge in [-0.15, -0.1) is 10.2 Å². The Bertz CT molecular complexity index is 293. The minimum atomic E-state index is -0.167. The second-order valence-electron chi connectivity index (χ2n) is 3.28. The first-order valence-electron chi connectivity index (χ1n) is 4.61. The molecule has 76 valence electrons. The summed E-state index contributed by atoms with van der Waals surface area (Å²) in [6.07, 6.45) is 3.36. The van der Waals surface area contributed by atoms with Crippen molar-refractivity contribution in [2.45, 2.75) is 31.8 Å². The molecule has 1 aromatic heterocycles. The molecule has 0 aliphatic heterocycles. The first-order chi connectivity index (χ1) is 6.84. The number of carbonyl (C=O) groups is 1. The van der Waals surface area contributed by atoms with Crippen LogP contribution < -0.4 is 10.6 Å². The zero-order valence-electron chi connectivity index (χ0n) is 7.66. The lowest BCUT2D eigenvalue weighted by Gasteiger charge is -2.26. The number of H-pyrrole nitrogens is 1. The summed E-state index contributed by atoms with van der Waals surface area (Å²) in [4.78, 5) is 11.2. The summed E-state index contributed by atoms with van der Waals surface area (Å²) in [5.74, 6) is 0.480. The fourth-order valence-electron chi connectivity index (χ4n) is 1.21. The second kappa shape index (κ2) is 4.03. The maximum absolute atomic E-state index is 11.2. The number of aromatic amines is 1. The first kappa shape index (κ1) is 8.92. The predicted octanol–water partition coefficient (Wildman–Crippen LogP) is -0.449. The van der Waals surface area contributed by atoms with E-state index in [1.165, 1.54) is 6.42 Å². The van der Waals surface area contributed by atoms with Crippen LogP contribution in [0.5, 0.6) is 0 Å². The molecule has 1 aliphatic rings. The van der Waals surface area contributed by atoms with E-state index in [1.54, 1.807) is 0 Å². The number of urea groups is 1. The highest BCUT2D eigenvalue weighted by Gasteiger charge is 2.19. The molecule has 1 saturated carbocycles. The molecule has 0 atom stereocenters. The van der Waals surface area contributed by atoms with E-state index in [1.807, 2.05) is 0 Å². The van der Waals surface area contributed by atoms with Crippen molar-refractivity contribution in [3.8, 4) is 0 Å². The van der Waals surface area contributed by atoms with Crippen LogP contribution in [0.3, 0.4) is 0 Å². The van der Waals surface area contributed by atoms with E-state index in [0.717, 1.165) is 12.8 Å². The fourth-order valence-corrected chi connectivity index (χ4v) is 1.21. The van der Waals surface area contributed by atoms with Crippen molar-refractivity contribution < 1.29 is 4.79 Å². The van der Waals surface area contributed by atoms with Crippen molar-refractivity contribution in [1.82, 2.24) is 31.3 Å². The van der Waals surface area contributed by atoms with E-state index >= 15 is 0 Å². The molecule has 2 rings (SSSR count). The number of nitrogens with one attached hydrogen (secondary N) is 3. The average molecular weight is 196 g/mol. The number of tetrazole rings is 1. The van der Waals surface area contributed by atoms with Gasteiger partial charge in [0.1, 0.15) is 0 Å². The highest BCUT2D eigenvalue weighted by molar-refractivity contribution is 5.74. The number of aromatic nitrogens is 4. The van der Waals surface area contributed by atoms with E-state index in [0.29, 0.717) is 18.4 Å². The van der Waals surface area contributed by atoms with Crippen molar-refractivity contribution in [2.75, 3.05) is 0 Å². The van der Waals surface area contributed by atoms with Gasteiger partial charge in [0.15, 0.2) is 5.82 Å². The monoisotopic (exact) mass is 196 g/mol. The Morgan fingerprint density at radius 3 is 3.00 bits per heavy atom. The molecule has 1 heterocycles. The molecule has 0 spiro atoms. The Hall–Kier alpha value is -1.66. The molecular formula is C7H12N6O. The van der Waals surface area contributed by atoms with Gasteiger partial charge in [0, 0.05) is 6.04 Å². The van der Waals surface area contributed by atoms with Crippen LogP contribution in [-0.4, -0.2) is 32.7 Å². The standard InChI is InChI=1S/C7H12N6O/c14-7(9-5-2-1-3-5)8-4-6-10-12-13-11-6/h5H,1-4H2,(H2,8,9,14)(H,10,11,12,13). The molecule has 1 fully saturated rings. The summed E-state index contributed by atoms with van der Waals surface area (Å²) < 4.78 is 0. The van der Waals surface area contributed by atoms with Crippen LogP contribution in [0.25, 0.3) is 0 Å². The average Bonchev–Trinajstić information content (AvgIpc) is 2.60. The molecule has 7 heteroatoms. The molecule has 0 saturated heterocycles. The van der Waals surface area contributed by atoms with Crippen LogP contribution in [-0.2, 0) is 6.54 Å². The molecule has 0 unspecified atom stereocenters. The Labute approximate surface area is 80.6 Å². The highest BCUT2D eigenvalue weighted by Crippen LogP contribution is 2.17. The Kier molecular flexibility index (Phi) is 2.57. The Morgan fingerprint density at radius 2 is 2.43 bits per heavy atom. The fraction of sp³-hybridized carbons (Fsp3) is 0.714. The molecule has 2 amide bonds. The third kappa shape index (κ3) is 2.18. The Balaban J connectivity index is 1.67. The number of carbonyl (C=O) groups excluding carboxylic acids is 1. The zero-order valence-corrected chi connectivity index (χ0v) is 7.66. The van der Waals surface area contributed by atoms with Crippen molar-refractivity contribution in [3.63, 3.8) is 0 Å². The smallest absolute Gasteiger partial charge is 0.315 e. The maximum Gasteiger partial charge on any atom is 0.315 e. The maximum atomic E-state index is 11.2. The SMILES string of the molecule is O=C(NCc1nn[nH]n1)NC1CCC1. The number of amides is 2. The van der Waals surface area contributed by atoms with Crippen molar-refractivity contribution in [2.24, 2.45) is 0 Å². The van der Waals surface area contributed by atoms with E-state index in [-0.39, 0.29) is 6.03 Å². The summed E-state index contributed by atoms with van der Waals surface area (Å²) in [6.45, 7) is 0.301. The molecular weight excluding hydrogens is 184 g/mol. The molecule has 3 N–H and O–H groups in total. The molecule has 1 aromatic rings. The first-order valence-corrected chi connectivity index (χ1v) is 4.61. The van der Waals surface area contributed by atoms with Crippen LogP contribution in [0, 0.1) is 0 Å². The van der Waals surface area contributed by atoms with E-state index in [9.17, 15) is 4.79 Å². The van der Waals surface area contributed by atoms with Crippen molar-refractivity contribution in [1.29, 1.82) is 0 Å². The van der Waals surface area contributed by atoms with Crippen LogP contribution in [0.1, 0.15) is 25.1 Å². The van der Waals surface area contributed by atoms with Crippen molar-refractivity contribution in [3.05, 3.63) is 5.82 Å². The molecule has 14 heavy (non-hydrogen) atoms. The van der Waals surface area contributed by atoms with E-state index < -0.39 is 0 Å². The number of rotatable bonds is 3. The van der Waals surface area contributed by atoms with Gasteiger partial charge >= 0.3 is 6.03 Å². The number of hydrogen-bond donors (Lipinski definition) is 3. The van der Waals surface area contributed by atoms with Gasteiger partial charge < -0.3 is 10.6 Å². The summed E-state index contributed by atoms with van der Waals surface area (Å²) in [7, 11) is 0. The second-order valence-corrected chi connectivity index (χ2v) is 3.28. The third-order valence-electron chi connectivity index (χ3n) is 2.24. The lowest BCUT2D eigenvalue weighted by Crippen LogP contribution is -2.44. The van der Waals surface area contributed by atoms with Crippen LogP contribution in [0.4, 0.5) is 4.79 Å². The summed E-state index contributed by atoms with van der Waals surface area (Å²) in [6, 6.07) is 0.180. The molecule has 7 nitrogen and oxygen atoms in total. The van der Waals surface area contributed by atoms with Gasteiger partial charge in [0.2, 0.25) is 0 Å². The largest absolute Gasteiger partial charge is 0.335 e. The van der Waals surface area contributed by atoms with Gasteiger partial charge in [-0.2, -0.15) is 5.21 Å². The molecule has 0 aromatic carbocycles. The molecule has 1 aliphatic carbocycles. The quantitative estimate of drug-likeness (QED) is 0.610. The van der Waals surface area contributed by atoms with Crippen LogP contribution in [0.15, 0.2) is 0 Å². The summed E-state index contributed by atoms with van der Waals surface area (Å²) in [5.41, 5.74) is 0. The summed E-state index contributed by atoms with van der Waals surface area (Å²) >= 11 is 0. The lowest BCUT2D eigenvalue weighted by atomic mass is 9.93. The van der Waals surface area contributed by atoms with Gasteiger partial charge in [-0.05, 0) is 19.3 Å². The normalized spacial score (nSPS) is 16.0. The minimum Gasteiger partial charge on any atom is -0.335 e. The molecule has 0 bridgehead atoms. The summed E-state index contributed by atoms with van der Waals surface area (Å²) in [5, 5.41) is 18.6. The predicted molar refractivity (Wildman–Crippen MR) is 47.2 cm³/mol. The van der Waals surface area contributed by atoms with E-state index in [4.69, 9.17) is 0 Å². The van der Waals surface area contributed by atoms with Crippen LogP contribution in [0.2, 0.25) is 0 Å². The van der Waals surface area contributed by atoms with Crippen LogP contribution >= 0.6 is 0 Å². The Morgan fingerprint density at radius 1 is 1.57 bits per heavy atom. The van der Waals surface area contributed by atoms with Gasteiger partial charge in [0.25, 0.3) is 0 Å². The topological polar surface area (TPSA) is 95.6 Å². The lowest BCUT2D eigenvalue weighted by molar-refractivity contribution is 0.228. The van der Waals surface area contributed by atoms with Gasteiger partial charge in [-0.3, -0.25) is 0 Å². The van der Waals surface area contributed by atoms with E-state index in [2.05, 4.69) is 31.3 Å². The minimum absolute atomic E-state index is 0.167. The number of hydrogen-bond acceptors (Lipinski definition) is 4. The number of nitrogens with zero attached hydrogens (tertiary/aromatic N) is 3. The van der Waals surface area contributed by atoms with Crippen molar-refractivity contribution >= 4 is 6.03 Å². The highest BCUT2D eigenvalue weighted by atomic mass is 16.2. The third-order valence-corrected chi connectivity index (χ3v) is 2.24. The van der Waals surface area contributed by atoms with Gasteiger partial charge in [0.05, 0.1) is 6.54 Å². The van der Waals surface area contributed by atoms with Gasteiger partial charge in [-0.1, -0.05) is 5.21 Å².